The highest BCUT2D eigenvalue weighted by Gasteiger charge is 2.52. The SMILES string of the molecule is C#Cc1c(F)ccc2cc(O)cc(-c3nc4c5c(nc(OC[C@@]67CCCN6C[C@H](F)C7)nc5c3F)N(C)C3(CO4)CC(F)C3)c12. The highest BCUT2D eigenvalue weighted by atomic mass is 19.1. The lowest BCUT2D eigenvalue weighted by atomic mass is 9.74. The van der Waals surface area contributed by atoms with E-state index in [2.05, 4.69) is 25.8 Å². The highest BCUT2D eigenvalue weighted by Crippen LogP contribution is 2.49. The molecule has 8 rings (SSSR count). The van der Waals surface area contributed by atoms with Crippen molar-refractivity contribution in [3.63, 3.8) is 0 Å². The summed E-state index contributed by atoms with van der Waals surface area (Å²) in [7, 11) is 1.74. The second kappa shape index (κ2) is 9.81. The monoisotopic (exact) mass is 619 g/mol. The number of terminal acetylenes is 1. The largest absolute Gasteiger partial charge is 0.508 e. The van der Waals surface area contributed by atoms with E-state index in [1.165, 1.54) is 24.3 Å². The predicted octanol–water partition coefficient (Wildman–Crippen LogP) is 5.46. The fraction of sp³-hybridized carbons (Fsp3) is 0.424. The van der Waals surface area contributed by atoms with Gasteiger partial charge in [0, 0.05) is 43.8 Å². The summed E-state index contributed by atoms with van der Waals surface area (Å²) in [6.45, 7) is 1.27. The molecule has 1 N–H and O–H groups in total. The Morgan fingerprint density at radius 1 is 1.11 bits per heavy atom. The Bertz CT molecular complexity index is 1940. The van der Waals surface area contributed by atoms with Crippen LogP contribution < -0.4 is 14.4 Å². The average Bonchev–Trinajstić information content (AvgIpc) is 3.49. The van der Waals surface area contributed by atoms with Crippen LogP contribution >= 0.6 is 0 Å². The van der Waals surface area contributed by atoms with Crippen molar-refractivity contribution < 1.29 is 32.1 Å². The van der Waals surface area contributed by atoms with E-state index >= 15 is 4.39 Å². The molecule has 2 aromatic carbocycles. The predicted molar refractivity (Wildman–Crippen MR) is 159 cm³/mol. The molecule has 0 radical (unpaired) electrons. The number of halogens is 4. The standard InChI is InChI=1S/C33H29F4N5O3/c1-3-21-23(36)6-5-17-9-20(43)10-22(24(17)21)27-26(37)28-25-29(41(2)33(11-18(34)12-33)16-44-30(25)38-27)40-31(39-28)45-15-32-7-4-8-42(32)14-19(35)13-32/h1,5-6,9-10,18-19,43H,4,7-8,11-16H2,2H3/t18?,19-,32+,33?/m1/s1. The maximum absolute atomic E-state index is 16.8. The van der Waals surface area contributed by atoms with Crippen LogP contribution in [0.15, 0.2) is 24.3 Å². The molecule has 3 fully saturated rings. The second-order valence-corrected chi connectivity index (χ2v) is 12.7. The van der Waals surface area contributed by atoms with Gasteiger partial charge in [0.2, 0.25) is 5.88 Å². The quantitative estimate of drug-likeness (QED) is 0.238. The van der Waals surface area contributed by atoms with Gasteiger partial charge in [-0.1, -0.05) is 12.0 Å². The Hall–Kier alpha value is -4.37. The molecule has 8 nitrogen and oxygen atoms in total. The molecule has 1 aliphatic carbocycles. The fourth-order valence-electron chi connectivity index (χ4n) is 7.77. The smallest absolute Gasteiger partial charge is 0.319 e. The van der Waals surface area contributed by atoms with Crippen molar-refractivity contribution in [2.45, 2.75) is 55.5 Å². The van der Waals surface area contributed by atoms with Crippen LogP contribution in [0.5, 0.6) is 17.6 Å². The molecule has 2 saturated heterocycles. The van der Waals surface area contributed by atoms with Crippen molar-refractivity contribution in [1.82, 2.24) is 19.9 Å². The van der Waals surface area contributed by atoms with E-state index in [1.807, 2.05) is 0 Å². The van der Waals surface area contributed by atoms with Gasteiger partial charge in [-0.2, -0.15) is 9.97 Å². The first-order chi connectivity index (χ1) is 21.6. The molecule has 12 heteroatoms. The number of fused-ring (bicyclic) bond motifs is 2. The molecule has 232 valence electrons. The molecule has 0 unspecified atom stereocenters. The summed E-state index contributed by atoms with van der Waals surface area (Å²) in [4.78, 5) is 17.6. The van der Waals surface area contributed by atoms with Gasteiger partial charge in [0.1, 0.15) is 59.5 Å². The number of benzene rings is 2. The Labute approximate surface area is 256 Å². The zero-order chi connectivity index (χ0) is 31.2. The normalized spacial score (nSPS) is 27.3. The molecule has 2 atom stereocenters. The summed E-state index contributed by atoms with van der Waals surface area (Å²) in [5.41, 5.74) is -1.79. The number of hydrogen-bond acceptors (Lipinski definition) is 8. The summed E-state index contributed by atoms with van der Waals surface area (Å²) in [6, 6.07) is 5.15. The van der Waals surface area contributed by atoms with E-state index in [4.69, 9.17) is 15.9 Å². The number of anilines is 1. The third kappa shape index (κ3) is 4.13. The number of alkyl halides is 2. The second-order valence-electron chi connectivity index (χ2n) is 12.7. The number of likely N-dealkylation sites (N-methyl/N-ethyl adjacent to an activating group) is 1. The minimum Gasteiger partial charge on any atom is -0.508 e. The maximum Gasteiger partial charge on any atom is 0.319 e. The number of phenolic OH excluding ortho intramolecular Hbond substituents is 1. The third-order valence-electron chi connectivity index (χ3n) is 10.1. The molecule has 0 amide bonds. The van der Waals surface area contributed by atoms with Crippen molar-refractivity contribution in [1.29, 1.82) is 0 Å². The highest BCUT2D eigenvalue weighted by molar-refractivity contribution is 6.04. The summed E-state index contributed by atoms with van der Waals surface area (Å²) in [6.07, 6.45) is 6.02. The molecule has 4 aliphatic rings. The maximum atomic E-state index is 16.8. The van der Waals surface area contributed by atoms with Crippen molar-refractivity contribution >= 4 is 27.5 Å². The van der Waals surface area contributed by atoms with Crippen molar-refractivity contribution in [3.8, 4) is 41.2 Å². The number of ether oxygens (including phenoxy) is 2. The summed E-state index contributed by atoms with van der Waals surface area (Å²) >= 11 is 0. The van der Waals surface area contributed by atoms with E-state index in [-0.39, 0.29) is 82.6 Å². The zero-order valence-corrected chi connectivity index (χ0v) is 24.4. The number of phenols is 1. The minimum atomic E-state index is -1.04. The van der Waals surface area contributed by atoms with Crippen LogP contribution in [-0.2, 0) is 0 Å². The van der Waals surface area contributed by atoms with Crippen LogP contribution in [0.4, 0.5) is 23.4 Å². The van der Waals surface area contributed by atoms with Gasteiger partial charge >= 0.3 is 6.01 Å². The zero-order valence-electron chi connectivity index (χ0n) is 24.4. The van der Waals surface area contributed by atoms with Gasteiger partial charge < -0.3 is 19.5 Å². The first-order valence-electron chi connectivity index (χ1n) is 15.0. The van der Waals surface area contributed by atoms with Gasteiger partial charge in [0.25, 0.3) is 0 Å². The molecule has 3 aliphatic heterocycles. The van der Waals surface area contributed by atoms with E-state index in [1.54, 1.807) is 11.9 Å². The third-order valence-corrected chi connectivity index (χ3v) is 10.1. The van der Waals surface area contributed by atoms with Crippen LogP contribution in [0.3, 0.4) is 0 Å². The van der Waals surface area contributed by atoms with Crippen molar-refractivity contribution in [3.05, 3.63) is 41.5 Å². The first kappa shape index (κ1) is 28.1. The first-order valence-corrected chi connectivity index (χ1v) is 15.0. The number of nitrogens with zero attached hydrogens (tertiary/aromatic N) is 5. The fourth-order valence-corrected chi connectivity index (χ4v) is 7.77. The van der Waals surface area contributed by atoms with E-state index in [0.29, 0.717) is 18.4 Å². The van der Waals surface area contributed by atoms with Gasteiger partial charge in [-0.15, -0.1) is 6.42 Å². The van der Waals surface area contributed by atoms with Crippen LogP contribution in [0.2, 0.25) is 0 Å². The molecule has 45 heavy (non-hydrogen) atoms. The van der Waals surface area contributed by atoms with Gasteiger partial charge in [-0.05, 0) is 43.0 Å². The molecular formula is C33H29F4N5O3. The van der Waals surface area contributed by atoms with Gasteiger partial charge in [0.05, 0.1) is 16.6 Å². The Morgan fingerprint density at radius 3 is 2.71 bits per heavy atom. The van der Waals surface area contributed by atoms with Gasteiger partial charge in [-0.25, -0.2) is 22.5 Å². The lowest BCUT2D eigenvalue weighted by Crippen LogP contribution is -2.60. The Kier molecular flexibility index (Phi) is 6.13. The molecule has 0 bridgehead atoms. The van der Waals surface area contributed by atoms with E-state index in [0.717, 1.165) is 19.4 Å². The van der Waals surface area contributed by atoms with Crippen molar-refractivity contribution in [2.75, 3.05) is 38.3 Å². The van der Waals surface area contributed by atoms with Crippen molar-refractivity contribution in [2.24, 2.45) is 0 Å². The van der Waals surface area contributed by atoms with Crippen LogP contribution in [0, 0.1) is 24.0 Å². The topological polar surface area (TPSA) is 83.8 Å². The number of aromatic hydroxyl groups is 1. The molecule has 1 saturated carbocycles. The molecule has 5 heterocycles. The molecule has 4 aromatic rings. The Morgan fingerprint density at radius 2 is 1.93 bits per heavy atom. The van der Waals surface area contributed by atoms with Crippen LogP contribution in [0.25, 0.3) is 32.9 Å². The van der Waals surface area contributed by atoms with Crippen LogP contribution in [0.1, 0.15) is 37.7 Å². The van der Waals surface area contributed by atoms with E-state index < -0.39 is 35.1 Å². The van der Waals surface area contributed by atoms with Crippen LogP contribution in [-0.4, -0.2) is 81.7 Å². The number of rotatable bonds is 4. The van der Waals surface area contributed by atoms with Gasteiger partial charge in [0.15, 0.2) is 5.82 Å². The number of pyridine rings is 1. The number of hydrogen-bond donors (Lipinski definition) is 1. The lowest BCUT2D eigenvalue weighted by Gasteiger charge is -2.49. The lowest BCUT2D eigenvalue weighted by molar-refractivity contribution is 0.0536. The summed E-state index contributed by atoms with van der Waals surface area (Å²) in [5.74, 6) is 0.808. The summed E-state index contributed by atoms with van der Waals surface area (Å²) in [5, 5.41) is 11.3. The summed E-state index contributed by atoms with van der Waals surface area (Å²) < 4.78 is 72.8. The van der Waals surface area contributed by atoms with E-state index in [9.17, 15) is 18.3 Å². The molecular weight excluding hydrogens is 590 g/mol. The minimum absolute atomic E-state index is 0.000706. The molecule has 1 spiro atoms. The Balaban J connectivity index is 1.33. The number of aromatic nitrogens is 3. The average molecular weight is 620 g/mol. The van der Waals surface area contributed by atoms with Gasteiger partial charge in [-0.3, -0.25) is 4.90 Å². The molecule has 2 aromatic heterocycles.